The third-order valence-electron chi connectivity index (χ3n) is 4.03. The van der Waals surface area contributed by atoms with Crippen LogP contribution in [0.25, 0.3) is 6.08 Å². The molecule has 6 heteroatoms. The van der Waals surface area contributed by atoms with Crippen LogP contribution in [0, 0.1) is 0 Å². The van der Waals surface area contributed by atoms with Gasteiger partial charge >= 0.3 is 5.97 Å². The van der Waals surface area contributed by atoms with Crippen LogP contribution in [0.1, 0.15) is 28.4 Å². The van der Waals surface area contributed by atoms with Gasteiger partial charge in [0.2, 0.25) is 0 Å². The Morgan fingerprint density at radius 2 is 1.73 bits per heavy atom. The molecule has 2 amide bonds. The maximum Gasteiger partial charge on any atom is 0.337 e. The van der Waals surface area contributed by atoms with Crippen LogP contribution in [0.5, 0.6) is 0 Å². The molecule has 0 atom stereocenters. The highest BCUT2D eigenvalue weighted by molar-refractivity contribution is 8.19. The number of amides is 2. The first-order valence-electron chi connectivity index (χ1n) is 8.08. The molecule has 26 heavy (non-hydrogen) atoms. The van der Waals surface area contributed by atoms with Gasteiger partial charge in [-0.3, -0.25) is 9.59 Å². The fourth-order valence-electron chi connectivity index (χ4n) is 2.56. The first-order valence-corrected chi connectivity index (χ1v) is 8.90. The van der Waals surface area contributed by atoms with Gasteiger partial charge in [0.05, 0.1) is 23.3 Å². The standard InChI is InChI=1S/C20H17NO4S/c1-3-13-6-10-16(11-7-13)21-18(22)17(26-20(21)24)12-14-4-8-15(9-5-14)19(23)25-2/h4-12H,3H2,1-2H3/b17-12-. The van der Waals surface area contributed by atoms with Gasteiger partial charge in [-0.15, -0.1) is 0 Å². The monoisotopic (exact) mass is 367 g/mol. The Morgan fingerprint density at radius 1 is 1.08 bits per heavy atom. The summed E-state index contributed by atoms with van der Waals surface area (Å²) < 4.78 is 4.66. The first kappa shape index (κ1) is 17.9. The molecule has 0 saturated carbocycles. The molecule has 132 valence electrons. The van der Waals surface area contributed by atoms with Crippen molar-refractivity contribution >= 4 is 40.6 Å². The Hall–Kier alpha value is -2.86. The molecule has 2 aromatic carbocycles. The highest BCUT2D eigenvalue weighted by Gasteiger charge is 2.36. The molecule has 0 bridgehead atoms. The topological polar surface area (TPSA) is 63.7 Å². The lowest BCUT2D eigenvalue weighted by Gasteiger charge is -2.12. The maximum atomic E-state index is 12.6. The van der Waals surface area contributed by atoms with E-state index in [1.54, 1.807) is 42.5 Å². The van der Waals surface area contributed by atoms with E-state index in [-0.39, 0.29) is 11.1 Å². The van der Waals surface area contributed by atoms with Crippen LogP contribution in [-0.4, -0.2) is 24.2 Å². The van der Waals surface area contributed by atoms with Gasteiger partial charge in [0.25, 0.3) is 11.1 Å². The van der Waals surface area contributed by atoms with Gasteiger partial charge in [0, 0.05) is 0 Å². The number of aryl methyl sites for hydroxylation is 1. The molecule has 1 aliphatic rings. The van der Waals surface area contributed by atoms with Gasteiger partial charge in [-0.25, -0.2) is 9.69 Å². The number of esters is 1. The van der Waals surface area contributed by atoms with Crippen LogP contribution in [0.15, 0.2) is 53.4 Å². The van der Waals surface area contributed by atoms with Gasteiger partial charge in [0.1, 0.15) is 0 Å². The van der Waals surface area contributed by atoms with Crippen LogP contribution in [0.4, 0.5) is 10.5 Å². The second-order valence-corrected chi connectivity index (χ2v) is 6.64. The van der Waals surface area contributed by atoms with E-state index >= 15 is 0 Å². The average Bonchev–Trinajstić information content (AvgIpc) is 2.95. The fraction of sp³-hybridized carbons (Fsp3) is 0.150. The lowest BCUT2D eigenvalue weighted by atomic mass is 10.1. The number of anilines is 1. The summed E-state index contributed by atoms with van der Waals surface area (Å²) >= 11 is 0.903. The number of nitrogens with zero attached hydrogens (tertiary/aromatic N) is 1. The molecule has 0 unspecified atom stereocenters. The van der Waals surface area contributed by atoms with Crippen molar-refractivity contribution in [3.8, 4) is 0 Å². The van der Waals surface area contributed by atoms with Crippen molar-refractivity contribution in [3.05, 3.63) is 70.1 Å². The number of carbonyl (C=O) groups excluding carboxylic acids is 3. The van der Waals surface area contributed by atoms with Crippen molar-refractivity contribution in [2.45, 2.75) is 13.3 Å². The van der Waals surface area contributed by atoms with Crippen molar-refractivity contribution < 1.29 is 19.1 Å². The summed E-state index contributed by atoms with van der Waals surface area (Å²) in [7, 11) is 1.32. The number of thioether (sulfide) groups is 1. The van der Waals surface area contributed by atoms with Crippen molar-refractivity contribution in [1.29, 1.82) is 0 Å². The number of hydrogen-bond acceptors (Lipinski definition) is 5. The number of ether oxygens (including phenoxy) is 1. The molecule has 2 aromatic rings. The van der Waals surface area contributed by atoms with Crippen LogP contribution < -0.4 is 4.90 Å². The van der Waals surface area contributed by atoms with Gasteiger partial charge in [-0.2, -0.15) is 0 Å². The van der Waals surface area contributed by atoms with Gasteiger partial charge in [0.15, 0.2) is 0 Å². The van der Waals surface area contributed by atoms with Crippen molar-refractivity contribution in [2.75, 3.05) is 12.0 Å². The lowest BCUT2D eigenvalue weighted by molar-refractivity contribution is -0.113. The molecule has 0 aromatic heterocycles. The third-order valence-corrected chi connectivity index (χ3v) is 4.90. The van der Waals surface area contributed by atoms with E-state index < -0.39 is 5.97 Å². The lowest BCUT2D eigenvalue weighted by Crippen LogP contribution is -2.27. The second-order valence-electron chi connectivity index (χ2n) is 5.65. The summed E-state index contributed by atoms with van der Waals surface area (Å²) in [6, 6.07) is 14.0. The van der Waals surface area contributed by atoms with Crippen LogP contribution in [-0.2, 0) is 16.0 Å². The van der Waals surface area contributed by atoms with Gasteiger partial charge < -0.3 is 4.74 Å². The van der Waals surface area contributed by atoms with Crippen LogP contribution in [0.2, 0.25) is 0 Å². The number of rotatable bonds is 4. The maximum absolute atomic E-state index is 12.6. The summed E-state index contributed by atoms with van der Waals surface area (Å²) in [4.78, 5) is 37.9. The minimum atomic E-state index is -0.424. The summed E-state index contributed by atoms with van der Waals surface area (Å²) in [5.41, 5.74) is 2.86. The molecule has 3 rings (SSSR count). The zero-order valence-corrected chi connectivity index (χ0v) is 15.2. The predicted octanol–water partition coefficient (Wildman–Crippen LogP) is 4.28. The van der Waals surface area contributed by atoms with E-state index in [9.17, 15) is 14.4 Å². The third kappa shape index (κ3) is 3.55. The van der Waals surface area contributed by atoms with Crippen molar-refractivity contribution in [3.63, 3.8) is 0 Å². The molecular weight excluding hydrogens is 350 g/mol. The molecule has 1 heterocycles. The van der Waals surface area contributed by atoms with E-state index in [0.29, 0.717) is 16.2 Å². The smallest absolute Gasteiger partial charge is 0.337 e. The average molecular weight is 367 g/mol. The van der Waals surface area contributed by atoms with Crippen LogP contribution >= 0.6 is 11.8 Å². The summed E-state index contributed by atoms with van der Waals surface area (Å²) in [6.07, 6.45) is 2.54. The van der Waals surface area contributed by atoms with Gasteiger partial charge in [-0.1, -0.05) is 31.2 Å². The molecule has 0 aliphatic carbocycles. The molecule has 1 aliphatic heterocycles. The Morgan fingerprint density at radius 3 is 2.31 bits per heavy atom. The molecule has 1 fully saturated rings. The number of benzene rings is 2. The number of carbonyl (C=O) groups is 3. The predicted molar refractivity (Wildman–Crippen MR) is 102 cm³/mol. The number of methoxy groups -OCH3 is 1. The summed E-state index contributed by atoms with van der Waals surface area (Å²) in [6.45, 7) is 2.04. The Labute approximate surface area is 155 Å². The number of hydrogen-bond donors (Lipinski definition) is 0. The largest absolute Gasteiger partial charge is 0.465 e. The summed E-state index contributed by atoms with van der Waals surface area (Å²) in [5.74, 6) is -0.770. The molecule has 1 saturated heterocycles. The Balaban J connectivity index is 1.83. The minimum absolute atomic E-state index is 0.323. The quantitative estimate of drug-likeness (QED) is 0.596. The zero-order valence-electron chi connectivity index (χ0n) is 14.4. The van der Waals surface area contributed by atoms with E-state index in [0.717, 1.165) is 29.3 Å². The van der Waals surface area contributed by atoms with Gasteiger partial charge in [-0.05, 0) is 59.7 Å². The van der Waals surface area contributed by atoms with Crippen molar-refractivity contribution in [2.24, 2.45) is 0 Å². The SMILES string of the molecule is CCc1ccc(N2C(=O)S/C(=C\c3ccc(C(=O)OC)cc3)C2=O)cc1. The van der Waals surface area contributed by atoms with E-state index in [1.807, 2.05) is 19.1 Å². The molecule has 0 radical (unpaired) electrons. The minimum Gasteiger partial charge on any atom is -0.465 e. The Kier molecular flexibility index (Phi) is 5.23. The molecule has 0 N–H and O–H groups in total. The Bertz CT molecular complexity index is 885. The molecule has 5 nitrogen and oxygen atoms in total. The molecule has 0 spiro atoms. The van der Waals surface area contributed by atoms with Crippen molar-refractivity contribution in [1.82, 2.24) is 0 Å². The van der Waals surface area contributed by atoms with E-state index in [1.165, 1.54) is 12.0 Å². The van der Waals surface area contributed by atoms with E-state index in [4.69, 9.17) is 0 Å². The summed E-state index contributed by atoms with van der Waals surface area (Å²) in [5, 5.41) is -0.323. The zero-order chi connectivity index (χ0) is 18.7. The first-order chi connectivity index (χ1) is 12.5. The normalized spacial score (nSPS) is 15.6. The highest BCUT2D eigenvalue weighted by atomic mass is 32.2. The number of imide groups is 1. The highest BCUT2D eigenvalue weighted by Crippen LogP contribution is 2.35. The second kappa shape index (κ2) is 7.58. The van der Waals surface area contributed by atoms with Crippen LogP contribution in [0.3, 0.4) is 0 Å². The van der Waals surface area contributed by atoms with E-state index in [2.05, 4.69) is 4.74 Å². The molecular formula is C20H17NO4S. The fourth-order valence-corrected chi connectivity index (χ4v) is 3.40.